The van der Waals surface area contributed by atoms with E-state index >= 15 is 0 Å². The lowest BCUT2D eigenvalue weighted by molar-refractivity contribution is 0.520. The van der Waals surface area contributed by atoms with Crippen molar-refractivity contribution in [3.05, 3.63) is 71.7 Å². The molecule has 0 amide bonds. The fraction of sp³-hybridized carbons (Fsp3) is 0.222. The van der Waals surface area contributed by atoms with Crippen LogP contribution < -0.4 is 5.32 Å². The third-order valence-electron chi connectivity index (χ3n) is 3.73. The topological polar surface area (TPSA) is 25.2 Å². The minimum Gasteiger partial charge on any atom is -0.469 e. The lowest BCUT2D eigenvalue weighted by Gasteiger charge is -2.18. The predicted molar refractivity (Wildman–Crippen MR) is 82.9 cm³/mol. The number of hydrogen-bond donors (Lipinski definition) is 1. The molecule has 102 valence electrons. The standard InChI is InChI=1S/C18H19NO/c1-3-19-18(17-10-11-20-13(17)2)16-9-8-14-6-4-5-7-15(14)12-16/h4-12,18-19H,3H2,1-2H3. The van der Waals surface area contributed by atoms with Crippen LogP contribution in [-0.2, 0) is 0 Å². The summed E-state index contributed by atoms with van der Waals surface area (Å²) < 4.78 is 5.46. The van der Waals surface area contributed by atoms with Crippen LogP contribution in [0.3, 0.4) is 0 Å². The summed E-state index contributed by atoms with van der Waals surface area (Å²) in [6.45, 7) is 5.06. The van der Waals surface area contributed by atoms with Gasteiger partial charge in [-0.25, -0.2) is 0 Å². The van der Waals surface area contributed by atoms with Crippen molar-refractivity contribution in [2.75, 3.05) is 6.54 Å². The molecule has 0 spiro atoms. The maximum Gasteiger partial charge on any atom is 0.105 e. The smallest absolute Gasteiger partial charge is 0.105 e. The average molecular weight is 265 g/mol. The maximum atomic E-state index is 5.46. The van der Waals surface area contributed by atoms with Gasteiger partial charge in [0, 0.05) is 5.56 Å². The molecule has 0 fully saturated rings. The molecular weight excluding hydrogens is 246 g/mol. The molecule has 0 aliphatic carbocycles. The highest BCUT2D eigenvalue weighted by Gasteiger charge is 2.17. The highest BCUT2D eigenvalue weighted by Crippen LogP contribution is 2.28. The van der Waals surface area contributed by atoms with Gasteiger partial charge in [0.25, 0.3) is 0 Å². The van der Waals surface area contributed by atoms with Gasteiger partial charge in [-0.1, -0.05) is 43.3 Å². The molecule has 3 aromatic rings. The van der Waals surface area contributed by atoms with Gasteiger partial charge in [-0.3, -0.25) is 0 Å². The number of nitrogens with one attached hydrogen (secondary N) is 1. The molecule has 0 aliphatic rings. The summed E-state index contributed by atoms with van der Waals surface area (Å²) in [5.74, 6) is 0.976. The predicted octanol–water partition coefficient (Wildman–Crippen LogP) is 4.44. The van der Waals surface area contributed by atoms with Crippen LogP contribution in [0.4, 0.5) is 0 Å². The first kappa shape index (κ1) is 12.9. The van der Waals surface area contributed by atoms with Crippen LogP contribution in [-0.4, -0.2) is 6.54 Å². The third-order valence-corrected chi connectivity index (χ3v) is 3.73. The second-order valence-electron chi connectivity index (χ2n) is 5.03. The van der Waals surface area contributed by atoms with Gasteiger partial charge in [0.15, 0.2) is 0 Å². The molecule has 2 nitrogen and oxygen atoms in total. The molecule has 1 aromatic heterocycles. The van der Waals surface area contributed by atoms with Crippen LogP contribution in [0.5, 0.6) is 0 Å². The molecule has 3 rings (SSSR count). The summed E-state index contributed by atoms with van der Waals surface area (Å²) in [4.78, 5) is 0. The molecule has 2 aromatic carbocycles. The van der Waals surface area contributed by atoms with Gasteiger partial charge >= 0.3 is 0 Å². The van der Waals surface area contributed by atoms with Crippen molar-refractivity contribution < 1.29 is 4.42 Å². The second-order valence-corrected chi connectivity index (χ2v) is 5.03. The Hall–Kier alpha value is -2.06. The van der Waals surface area contributed by atoms with Gasteiger partial charge < -0.3 is 9.73 Å². The Balaban J connectivity index is 2.07. The Morgan fingerprint density at radius 3 is 2.55 bits per heavy atom. The summed E-state index contributed by atoms with van der Waals surface area (Å²) >= 11 is 0. The zero-order valence-electron chi connectivity index (χ0n) is 11.9. The van der Waals surface area contributed by atoms with Crippen LogP contribution >= 0.6 is 0 Å². The van der Waals surface area contributed by atoms with E-state index in [-0.39, 0.29) is 6.04 Å². The molecular formula is C18H19NO. The van der Waals surface area contributed by atoms with Crippen LogP contribution in [0, 0.1) is 6.92 Å². The molecule has 1 atom stereocenters. The van der Waals surface area contributed by atoms with E-state index < -0.39 is 0 Å². The molecule has 0 saturated heterocycles. The molecule has 0 bridgehead atoms. The first-order valence-electron chi connectivity index (χ1n) is 7.05. The molecule has 0 aliphatic heterocycles. The van der Waals surface area contributed by atoms with Crippen LogP contribution in [0.25, 0.3) is 10.8 Å². The van der Waals surface area contributed by atoms with Gasteiger partial charge in [-0.2, -0.15) is 0 Å². The highest BCUT2D eigenvalue weighted by molar-refractivity contribution is 5.83. The van der Waals surface area contributed by atoms with Crippen molar-refractivity contribution in [3.63, 3.8) is 0 Å². The lowest BCUT2D eigenvalue weighted by Crippen LogP contribution is -2.22. The van der Waals surface area contributed by atoms with Gasteiger partial charge in [0.1, 0.15) is 5.76 Å². The Morgan fingerprint density at radius 2 is 1.85 bits per heavy atom. The fourth-order valence-corrected chi connectivity index (χ4v) is 2.69. The van der Waals surface area contributed by atoms with Crippen LogP contribution in [0.1, 0.15) is 29.9 Å². The van der Waals surface area contributed by atoms with E-state index in [9.17, 15) is 0 Å². The number of benzene rings is 2. The Labute approximate surface area is 119 Å². The van der Waals surface area contributed by atoms with E-state index in [0.717, 1.165) is 12.3 Å². The van der Waals surface area contributed by atoms with Crippen molar-refractivity contribution in [1.82, 2.24) is 5.32 Å². The number of aryl methyl sites for hydroxylation is 1. The largest absolute Gasteiger partial charge is 0.469 e. The minimum absolute atomic E-state index is 0.184. The monoisotopic (exact) mass is 265 g/mol. The average Bonchev–Trinajstić information content (AvgIpc) is 2.90. The maximum absolute atomic E-state index is 5.46. The SMILES string of the molecule is CCNC(c1ccc2ccccc2c1)c1ccoc1C. The summed E-state index contributed by atoms with van der Waals surface area (Å²) in [5, 5.41) is 6.09. The van der Waals surface area contributed by atoms with Gasteiger partial charge in [-0.05, 0) is 41.9 Å². The first-order chi connectivity index (χ1) is 9.79. The molecule has 1 N–H and O–H groups in total. The zero-order valence-corrected chi connectivity index (χ0v) is 11.9. The Morgan fingerprint density at radius 1 is 1.05 bits per heavy atom. The minimum atomic E-state index is 0.184. The van der Waals surface area contributed by atoms with Crippen molar-refractivity contribution in [2.24, 2.45) is 0 Å². The van der Waals surface area contributed by atoms with Crippen LogP contribution in [0.2, 0.25) is 0 Å². The van der Waals surface area contributed by atoms with Gasteiger partial charge in [0.05, 0.1) is 12.3 Å². The lowest BCUT2D eigenvalue weighted by atomic mass is 9.96. The third kappa shape index (κ3) is 2.35. The van der Waals surface area contributed by atoms with Crippen molar-refractivity contribution >= 4 is 10.8 Å². The number of furan rings is 1. The van der Waals surface area contributed by atoms with E-state index in [0.29, 0.717) is 0 Å². The Kier molecular flexibility index (Phi) is 3.57. The first-order valence-corrected chi connectivity index (χ1v) is 7.05. The van der Waals surface area contributed by atoms with E-state index in [1.807, 2.05) is 6.92 Å². The quantitative estimate of drug-likeness (QED) is 0.754. The van der Waals surface area contributed by atoms with Crippen molar-refractivity contribution in [3.8, 4) is 0 Å². The highest BCUT2D eigenvalue weighted by atomic mass is 16.3. The second kappa shape index (κ2) is 5.51. The summed E-state index contributed by atoms with van der Waals surface area (Å²) in [6, 6.07) is 17.3. The molecule has 0 radical (unpaired) electrons. The zero-order chi connectivity index (χ0) is 13.9. The van der Waals surface area contributed by atoms with Gasteiger partial charge in [-0.15, -0.1) is 0 Å². The molecule has 1 unspecified atom stereocenters. The molecule has 1 heterocycles. The molecule has 2 heteroatoms. The number of hydrogen-bond acceptors (Lipinski definition) is 2. The van der Waals surface area contributed by atoms with Crippen molar-refractivity contribution in [1.29, 1.82) is 0 Å². The summed E-state index contributed by atoms with van der Waals surface area (Å²) in [7, 11) is 0. The van der Waals surface area contributed by atoms with E-state index in [1.165, 1.54) is 21.9 Å². The van der Waals surface area contributed by atoms with E-state index in [1.54, 1.807) is 6.26 Å². The summed E-state index contributed by atoms with van der Waals surface area (Å²) in [5.41, 5.74) is 2.48. The summed E-state index contributed by atoms with van der Waals surface area (Å²) in [6.07, 6.45) is 1.76. The van der Waals surface area contributed by atoms with Gasteiger partial charge in [0.2, 0.25) is 0 Å². The normalized spacial score (nSPS) is 12.7. The number of fused-ring (bicyclic) bond motifs is 1. The molecule has 20 heavy (non-hydrogen) atoms. The van der Waals surface area contributed by atoms with Crippen LogP contribution in [0.15, 0.2) is 59.2 Å². The molecule has 0 saturated carbocycles. The fourth-order valence-electron chi connectivity index (χ4n) is 2.69. The van der Waals surface area contributed by atoms with E-state index in [4.69, 9.17) is 4.42 Å². The van der Waals surface area contributed by atoms with Crippen molar-refractivity contribution in [2.45, 2.75) is 19.9 Å². The Bertz CT molecular complexity index is 714. The van der Waals surface area contributed by atoms with E-state index in [2.05, 4.69) is 60.8 Å². The number of rotatable bonds is 4.